The topological polar surface area (TPSA) is 62.5 Å². The second kappa shape index (κ2) is 9.05. The van der Waals surface area contributed by atoms with E-state index in [1.807, 2.05) is 6.07 Å². The van der Waals surface area contributed by atoms with Gasteiger partial charge in [0, 0.05) is 32.1 Å². The first-order valence-corrected chi connectivity index (χ1v) is 8.33. The summed E-state index contributed by atoms with van der Waals surface area (Å²) in [7, 11) is 1.73. The fourth-order valence-corrected chi connectivity index (χ4v) is 2.55. The van der Waals surface area contributed by atoms with E-state index < -0.39 is 0 Å². The molecule has 0 atom stereocenters. The summed E-state index contributed by atoms with van der Waals surface area (Å²) in [6.45, 7) is 5.41. The van der Waals surface area contributed by atoms with E-state index in [0.29, 0.717) is 19.0 Å². The van der Waals surface area contributed by atoms with Gasteiger partial charge in [-0.1, -0.05) is 31.1 Å². The van der Waals surface area contributed by atoms with Crippen molar-refractivity contribution in [1.82, 2.24) is 15.8 Å². The SMILES string of the molecule is CCc1noc(CC)c1CNC(=NC)NCCc1cccc(F)c1. The van der Waals surface area contributed by atoms with Crippen LogP contribution in [0.25, 0.3) is 0 Å². The maximum atomic E-state index is 13.2. The summed E-state index contributed by atoms with van der Waals surface area (Å²) in [6, 6.07) is 6.64. The standard InChI is InChI=1S/C18H25FN4O/c1-4-16-15(17(5-2)24-23-16)12-22-18(20-3)21-10-9-13-7-6-8-14(19)11-13/h6-8,11H,4-5,9-10,12H2,1-3H3,(H2,20,21,22). The first kappa shape index (κ1) is 18.0. The van der Waals surface area contributed by atoms with Crippen LogP contribution in [-0.2, 0) is 25.8 Å². The van der Waals surface area contributed by atoms with E-state index >= 15 is 0 Å². The highest BCUT2D eigenvalue weighted by Gasteiger charge is 2.13. The maximum Gasteiger partial charge on any atom is 0.191 e. The average molecular weight is 332 g/mol. The third-order valence-electron chi connectivity index (χ3n) is 3.86. The summed E-state index contributed by atoms with van der Waals surface area (Å²) in [4.78, 5) is 4.22. The Labute approximate surface area is 142 Å². The zero-order chi connectivity index (χ0) is 17.4. The van der Waals surface area contributed by atoms with Crippen molar-refractivity contribution in [2.45, 2.75) is 39.7 Å². The molecule has 1 aromatic carbocycles. The summed E-state index contributed by atoms with van der Waals surface area (Å²) < 4.78 is 18.5. The van der Waals surface area contributed by atoms with Crippen LogP contribution in [0.3, 0.4) is 0 Å². The lowest BCUT2D eigenvalue weighted by Gasteiger charge is -2.12. The summed E-state index contributed by atoms with van der Waals surface area (Å²) >= 11 is 0. The highest BCUT2D eigenvalue weighted by molar-refractivity contribution is 5.79. The molecule has 24 heavy (non-hydrogen) atoms. The minimum absolute atomic E-state index is 0.207. The van der Waals surface area contributed by atoms with Gasteiger partial charge in [-0.2, -0.15) is 0 Å². The lowest BCUT2D eigenvalue weighted by atomic mass is 10.1. The molecule has 0 radical (unpaired) electrons. The van der Waals surface area contributed by atoms with E-state index in [0.717, 1.165) is 41.8 Å². The number of aliphatic imine (C=N–C) groups is 1. The van der Waals surface area contributed by atoms with Gasteiger partial charge in [-0.25, -0.2) is 4.39 Å². The first-order valence-electron chi connectivity index (χ1n) is 8.33. The Kier molecular flexibility index (Phi) is 6.78. The molecule has 0 saturated carbocycles. The highest BCUT2D eigenvalue weighted by Crippen LogP contribution is 2.15. The predicted octanol–water partition coefficient (Wildman–Crippen LogP) is 2.85. The third-order valence-corrected chi connectivity index (χ3v) is 3.86. The Balaban J connectivity index is 1.86. The first-order chi connectivity index (χ1) is 11.7. The molecule has 2 N–H and O–H groups in total. The van der Waals surface area contributed by atoms with Crippen LogP contribution >= 0.6 is 0 Å². The smallest absolute Gasteiger partial charge is 0.191 e. The molecule has 0 aliphatic carbocycles. The van der Waals surface area contributed by atoms with Crippen LogP contribution in [0.4, 0.5) is 4.39 Å². The number of guanidine groups is 1. The number of nitrogens with one attached hydrogen (secondary N) is 2. The van der Waals surface area contributed by atoms with Crippen molar-refractivity contribution in [3.05, 3.63) is 52.7 Å². The Hall–Kier alpha value is -2.37. The number of rotatable bonds is 7. The van der Waals surface area contributed by atoms with Crippen molar-refractivity contribution in [3.63, 3.8) is 0 Å². The molecule has 2 aromatic rings. The molecule has 0 aliphatic heterocycles. The van der Waals surface area contributed by atoms with E-state index in [2.05, 4.69) is 34.6 Å². The number of benzene rings is 1. The van der Waals surface area contributed by atoms with Crippen LogP contribution in [0.5, 0.6) is 0 Å². The molecule has 0 saturated heterocycles. The molecular formula is C18H25FN4O. The second-order valence-electron chi connectivity index (χ2n) is 5.47. The highest BCUT2D eigenvalue weighted by atomic mass is 19.1. The molecular weight excluding hydrogens is 307 g/mol. The monoisotopic (exact) mass is 332 g/mol. The lowest BCUT2D eigenvalue weighted by Crippen LogP contribution is -2.38. The molecule has 6 heteroatoms. The molecule has 5 nitrogen and oxygen atoms in total. The lowest BCUT2D eigenvalue weighted by molar-refractivity contribution is 0.380. The van der Waals surface area contributed by atoms with Gasteiger partial charge in [-0.3, -0.25) is 4.99 Å². The van der Waals surface area contributed by atoms with Crippen LogP contribution < -0.4 is 10.6 Å². The van der Waals surface area contributed by atoms with Gasteiger partial charge in [0.1, 0.15) is 11.6 Å². The van der Waals surface area contributed by atoms with Gasteiger partial charge in [0.25, 0.3) is 0 Å². The molecule has 0 spiro atoms. The van der Waals surface area contributed by atoms with Gasteiger partial charge < -0.3 is 15.2 Å². The van der Waals surface area contributed by atoms with E-state index in [1.54, 1.807) is 19.2 Å². The second-order valence-corrected chi connectivity index (χ2v) is 5.47. The predicted molar refractivity (Wildman–Crippen MR) is 93.6 cm³/mol. The van der Waals surface area contributed by atoms with Crippen LogP contribution in [0, 0.1) is 5.82 Å². The molecule has 0 aliphatic rings. The van der Waals surface area contributed by atoms with Gasteiger partial charge in [0.2, 0.25) is 0 Å². The fourth-order valence-electron chi connectivity index (χ4n) is 2.55. The zero-order valence-electron chi connectivity index (χ0n) is 14.5. The van der Waals surface area contributed by atoms with Crippen molar-refractivity contribution in [1.29, 1.82) is 0 Å². The summed E-state index contributed by atoms with van der Waals surface area (Å²) in [5, 5.41) is 10.6. The minimum atomic E-state index is -0.207. The Morgan fingerprint density at radius 2 is 2.08 bits per heavy atom. The van der Waals surface area contributed by atoms with Gasteiger partial charge in [-0.15, -0.1) is 0 Å². The molecule has 1 heterocycles. The average Bonchev–Trinajstić information content (AvgIpc) is 3.00. The molecule has 130 valence electrons. The van der Waals surface area contributed by atoms with E-state index in [-0.39, 0.29) is 5.82 Å². The van der Waals surface area contributed by atoms with Gasteiger partial charge >= 0.3 is 0 Å². The van der Waals surface area contributed by atoms with Crippen molar-refractivity contribution >= 4 is 5.96 Å². The van der Waals surface area contributed by atoms with Gasteiger partial charge in [0.05, 0.1) is 5.69 Å². The number of aryl methyl sites for hydroxylation is 2. The van der Waals surface area contributed by atoms with Crippen molar-refractivity contribution in [2.75, 3.05) is 13.6 Å². The summed E-state index contributed by atoms with van der Waals surface area (Å²) in [5.74, 6) is 1.41. The Morgan fingerprint density at radius 3 is 2.75 bits per heavy atom. The number of nitrogens with zero attached hydrogens (tertiary/aromatic N) is 2. The number of hydrogen-bond acceptors (Lipinski definition) is 3. The van der Waals surface area contributed by atoms with Crippen molar-refractivity contribution < 1.29 is 8.91 Å². The zero-order valence-corrected chi connectivity index (χ0v) is 14.5. The number of halogens is 1. The third kappa shape index (κ3) is 4.81. The van der Waals surface area contributed by atoms with E-state index in [1.165, 1.54) is 6.07 Å². The quantitative estimate of drug-likeness (QED) is 0.604. The molecule has 0 fully saturated rings. The van der Waals surface area contributed by atoms with Gasteiger partial charge in [-0.05, 0) is 30.5 Å². The molecule has 0 bridgehead atoms. The van der Waals surface area contributed by atoms with Crippen LogP contribution in [-0.4, -0.2) is 24.7 Å². The molecule has 1 aromatic heterocycles. The number of aromatic nitrogens is 1. The molecule has 2 rings (SSSR count). The van der Waals surface area contributed by atoms with Crippen molar-refractivity contribution in [3.8, 4) is 0 Å². The Bertz CT molecular complexity index is 660. The molecule has 0 unspecified atom stereocenters. The normalized spacial score (nSPS) is 11.6. The summed E-state index contributed by atoms with van der Waals surface area (Å²) in [6.07, 6.45) is 2.38. The van der Waals surface area contributed by atoms with E-state index in [4.69, 9.17) is 4.52 Å². The maximum absolute atomic E-state index is 13.2. The van der Waals surface area contributed by atoms with Crippen molar-refractivity contribution in [2.24, 2.45) is 4.99 Å². The van der Waals surface area contributed by atoms with Gasteiger partial charge in [0.15, 0.2) is 5.96 Å². The largest absolute Gasteiger partial charge is 0.361 e. The molecule has 0 amide bonds. The van der Waals surface area contributed by atoms with Crippen LogP contribution in [0.2, 0.25) is 0 Å². The number of hydrogen-bond donors (Lipinski definition) is 2. The Morgan fingerprint density at radius 1 is 1.25 bits per heavy atom. The van der Waals surface area contributed by atoms with Crippen LogP contribution in [0.1, 0.15) is 36.4 Å². The fraction of sp³-hybridized carbons (Fsp3) is 0.444. The summed E-state index contributed by atoms with van der Waals surface area (Å²) in [5.41, 5.74) is 3.04. The van der Waals surface area contributed by atoms with E-state index in [9.17, 15) is 4.39 Å². The minimum Gasteiger partial charge on any atom is -0.361 e. The van der Waals surface area contributed by atoms with Crippen LogP contribution in [0.15, 0.2) is 33.8 Å².